The van der Waals surface area contributed by atoms with Crippen molar-refractivity contribution in [1.82, 2.24) is 5.32 Å². The fraction of sp³-hybridized carbons (Fsp3) is 0.500. The van der Waals surface area contributed by atoms with Crippen molar-refractivity contribution in [3.05, 3.63) is 29.8 Å². The van der Waals surface area contributed by atoms with Crippen LogP contribution in [0.3, 0.4) is 0 Å². The number of halogens is 2. The topological polar surface area (TPSA) is 67.4 Å². The van der Waals surface area contributed by atoms with Gasteiger partial charge in [-0.2, -0.15) is 0 Å². The van der Waals surface area contributed by atoms with Crippen LogP contribution in [0.25, 0.3) is 0 Å². The number of carbonyl (C=O) groups is 2. The second-order valence-electron chi connectivity index (χ2n) is 5.54. The van der Waals surface area contributed by atoms with Crippen LogP contribution >= 0.6 is 0 Å². The van der Waals surface area contributed by atoms with Crippen LogP contribution in [-0.4, -0.2) is 30.6 Å². The minimum Gasteiger partial charge on any atom is -0.465 e. The minimum absolute atomic E-state index is 0.186. The van der Waals surface area contributed by atoms with Gasteiger partial charge in [0, 0.05) is 6.07 Å². The molecule has 7 heteroatoms. The molecule has 1 amide bonds. The number of hydrogen-bond donors (Lipinski definition) is 2. The van der Waals surface area contributed by atoms with E-state index in [1.807, 2.05) is 0 Å². The Hall–Kier alpha value is -2.02. The fourth-order valence-corrected chi connectivity index (χ4v) is 2.74. The van der Waals surface area contributed by atoms with Gasteiger partial charge in [-0.05, 0) is 31.9 Å². The highest BCUT2D eigenvalue weighted by Crippen LogP contribution is 2.30. The number of benzene rings is 1. The van der Waals surface area contributed by atoms with Gasteiger partial charge in [-0.3, -0.25) is 14.9 Å². The zero-order chi connectivity index (χ0) is 16.9. The SMILES string of the molecule is CCOC(=O)C1(NCC(=O)Nc2cc(F)ccc2F)CCCC1. The maximum absolute atomic E-state index is 13.5. The van der Waals surface area contributed by atoms with E-state index in [1.165, 1.54) is 0 Å². The van der Waals surface area contributed by atoms with Gasteiger partial charge in [0.1, 0.15) is 17.2 Å². The number of carbonyl (C=O) groups excluding carboxylic acids is 2. The second-order valence-corrected chi connectivity index (χ2v) is 5.54. The van der Waals surface area contributed by atoms with Crippen molar-refractivity contribution in [1.29, 1.82) is 0 Å². The Labute approximate surface area is 133 Å². The van der Waals surface area contributed by atoms with Gasteiger partial charge in [0.2, 0.25) is 5.91 Å². The Morgan fingerprint density at radius 3 is 2.61 bits per heavy atom. The Bertz CT molecular complexity index is 587. The van der Waals surface area contributed by atoms with E-state index in [0.717, 1.165) is 31.0 Å². The van der Waals surface area contributed by atoms with Crippen LogP contribution in [0.1, 0.15) is 32.6 Å². The highest BCUT2D eigenvalue weighted by atomic mass is 19.1. The Kier molecular flexibility index (Phi) is 5.65. The van der Waals surface area contributed by atoms with Crippen molar-refractivity contribution >= 4 is 17.6 Å². The summed E-state index contributed by atoms with van der Waals surface area (Å²) in [6, 6.07) is 2.82. The molecule has 0 aromatic heterocycles. The number of esters is 1. The van der Waals surface area contributed by atoms with Gasteiger partial charge in [0.25, 0.3) is 0 Å². The van der Waals surface area contributed by atoms with Crippen LogP contribution < -0.4 is 10.6 Å². The van der Waals surface area contributed by atoms with Crippen molar-refractivity contribution in [2.45, 2.75) is 38.1 Å². The molecule has 0 atom stereocenters. The number of ether oxygens (including phenoxy) is 1. The van der Waals surface area contributed by atoms with Crippen molar-refractivity contribution in [3.63, 3.8) is 0 Å². The zero-order valence-electron chi connectivity index (χ0n) is 13.0. The molecule has 23 heavy (non-hydrogen) atoms. The maximum atomic E-state index is 13.5. The van der Waals surface area contributed by atoms with Crippen molar-refractivity contribution < 1.29 is 23.1 Å². The summed E-state index contributed by atoms with van der Waals surface area (Å²) in [7, 11) is 0. The number of amides is 1. The van der Waals surface area contributed by atoms with E-state index in [-0.39, 0.29) is 24.8 Å². The van der Waals surface area contributed by atoms with Crippen LogP contribution in [0, 0.1) is 11.6 Å². The van der Waals surface area contributed by atoms with Gasteiger partial charge in [-0.15, -0.1) is 0 Å². The fourth-order valence-electron chi connectivity index (χ4n) is 2.74. The van der Waals surface area contributed by atoms with Crippen LogP contribution in [0.2, 0.25) is 0 Å². The Morgan fingerprint density at radius 2 is 1.96 bits per heavy atom. The van der Waals surface area contributed by atoms with E-state index in [1.54, 1.807) is 6.92 Å². The van der Waals surface area contributed by atoms with Gasteiger partial charge in [-0.25, -0.2) is 8.78 Å². The molecule has 0 unspecified atom stereocenters. The molecular weight excluding hydrogens is 306 g/mol. The van der Waals surface area contributed by atoms with Crippen LogP contribution in [0.5, 0.6) is 0 Å². The third kappa shape index (κ3) is 4.25. The monoisotopic (exact) mass is 326 g/mol. The summed E-state index contributed by atoms with van der Waals surface area (Å²) >= 11 is 0. The number of rotatable bonds is 6. The molecular formula is C16H20F2N2O3. The molecule has 0 heterocycles. The van der Waals surface area contributed by atoms with E-state index < -0.39 is 23.1 Å². The molecule has 0 spiro atoms. The van der Waals surface area contributed by atoms with Crippen LogP contribution in [-0.2, 0) is 14.3 Å². The molecule has 1 aromatic carbocycles. The summed E-state index contributed by atoms with van der Waals surface area (Å²) in [6.07, 6.45) is 2.92. The van der Waals surface area contributed by atoms with E-state index in [0.29, 0.717) is 12.8 Å². The number of nitrogens with one attached hydrogen (secondary N) is 2. The number of hydrogen-bond acceptors (Lipinski definition) is 4. The Morgan fingerprint density at radius 1 is 1.26 bits per heavy atom. The molecule has 2 rings (SSSR count). The molecule has 1 aromatic rings. The van der Waals surface area contributed by atoms with Gasteiger partial charge >= 0.3 is 5.97 Å². The Balaban J connectivity index is 1.97. The first-order valence-corrected chi connectivity index (χ1v) is 7.64. The van der Waals surface area contributed by atoms with Crippen molar-refractivity contribution in [2.75, 3.05) is 18.5 Å². The first-order valence-electron chi connectivity index (χ1n) is 7.64. The molecule has 1 aliphatic carbocycles. The molecule has 126 valence electrons. The molecule has 0 radical (unpaired) electrons. The molecule has 0 aliphatic heterocycles. The summed E-state index contributed by atoms with van der Waals surface area (Å²) in [5.41, 5.74) is -1.10. The normalized spacial score (nSPS) is 16.1. The largest absolute Gasteiger partial charge is 0.465 e. The summed E-state index contributed by atoms with van der Waals surface area (Å²) in [5.74, 6) is -2.29. The quantitative estimate of drug-likeness (QED) is 0.788. The predicted octanol–water partition coefficient (Wildman–Crippen LogP) is 2.37. The van der Waals surface area contributed by atoms with E-state index in [4.69, 9.17) is 4.74 Å². The van der Waals surface area contributed by atoms with Crippen LogP contribution in [0.4, 0.5) is 14.5 Å². The summed E-state index contributed by atoms with van der Waals surface area (Å²) in [5, 5.41) is 5.23. The summed E-state index contributed by atoms with van der Waals surface area (Å²) in [6.45, 7) is 1.80. The number of anilines is 1. The molecule has 2 N–H and O–H groups in total. The van der Waals surface area contributed by atoms with Gasteiger partial charge in [0.05, 0.1) is 18.8 Å². The first kappa shape index (κ1) is 17.3. The van der Waals surface area contributed by atoms with E-state index in [9.17, 15) is 18.4 Å². The maximum Gasteiger partial charge on any atom is 0.326 e. The summed E-state index contributed by atoms with van der Waals surface area (Å²) < 4.78 is 31.7. The third-order valence-corrected chi connectivity index (χ3v) is 3.91. The van der Waals surface area contributed by atoms with Crippen molar-refractivity contribution in [2.24, 2.45) is 0 Å². The molecule has 0 saturated heterocycles. The van der Waals surface area contributed by atoms with Crippen LogP contribution in [0.15, 0.2) is 18.2 Å². The van der Waals surface area contributed by atoms with Gasteiger partial charge < -0.3 is 10.1 Å². The highest BCUT2D eigenvalue weighted by molar-refractivity contribution is 5.93. The predicted molar refractivity (Wildman–Crippen MR) is 80.8 cm³/mol. The van der Waals surface area contributed by atoms with E-state index in [2.05, 4.69) is 10.6 Å². The van der Waals surface area contributed by atoms with Gasteiger partial charge in [0.15, 0.2) is 0 Å². The lowest BCUT2D eigenvalue weighted by molar-refractivity contribution is -0.151. The first-order chi connectivity index (χ1) is 11.0. The minimum atomic E-state index is -0.867. The summed E-state index contributed by atoms with van der Waals surface area (Å²) in [4.78, 5) is 24.1. The van der Waals surface area contributed by atoms with E-state index >= 15 is 0 Å². The standard InChI is InChI=1S/C16H20F2N2O3/c1-2-23-15(22)16(7-3-4-8-16)19-10-14(21)20-13-9-11(17)5-6-12(13)18/h5-6,9,19H,2-4,7-8,10H2,1H3,(H,20,21). The molecule has 0 bridgehead atoms. The lowest BCUT2D eigenvalue weighted by atomic mass is 9.98. The lowest BCUT2D eigenvalue weighted by Crippen LogP contribution is -2.53. The van der Waals surface area contributed by atoms with Crippen molar-refractivity contribution in [3.8, 4) is 0 Å². The zero-order valence-corrected chi connectivity index (χ0v) is 13.0. The molecule has 1 saturated carbocycles. The molecule has 1 fully saturated rings. The molecule has 5 nitrogen and oxygen atoms in total. The lowest BCUT2D eigenvalue weighted by Gasteiger charge is -2.27. The average molecular weight is 326 g/mol. The smallest absolute Gasteiger partial charge is 0.326 e. The second kappa shape index (κ2) is 7.50. The molecule has 1 aliphatic rings. The third-order valence-electron chi connectivity index (χ3n) is 3.91. The highest BCUT2D eigenvalue weighted by Gasteiger charge is 2.42. The van der Waals surface area contributed by atoms with Gasteiger partial charge in [-0.1, -0.05) is 12.8 Å². The average Bonchev–Trinajstić information content (AvgIpc) is 2.99.